The number of amides is 2. The number of hydrogen-bond acceptors (Lipinski definition) is 4. The first-order valence-corrected chi connectivity index (χ1v) is 9.30. The average Bonchev–Trinajstić information content (AvgIpc) is 3.13. The van der Waals surface area contributed by atoms with E-state index in [1.807, 2.05) is 19.1 Å². The van der Waals surface area contributed by atoms with Crippen molar-refractivity contribution in [3.63, 3.8) is 0 Å². The van der Waals surface area contributed by atoms with Gasteiger partial charge in [-0.1, -0.05) is 23.7 Å². The SMILES string of the molecule is Cc1ccc(CNC(=O)c2ccc3c(c2)NC(=O)/C(=C/c2ccc(Cl)cc2)O3)o1. The Kier molecular flexibility index (Phi) is 5.10. The highest BCUT2D eigenvalue weighted by Gasteiger charge is 2.23. The topological polar surface area (TPSA) is 80.6 Å². The Labute approximate surface area is 172 Å². The minimum atomic E-state index is -0.393. The summed E-state index contributed by atoms with van der Waals surface area (Å²) in [7, 11) is 0. The van der Waals surface area contributed by atoms with Crippen LogP contribution in [0.25, 0.3) is 6.08 Å². The lowest BCUT2D eigenvalue weighted by molar-refractivity contribution is -0.115. The number of fused-ring (bicyclic) bond motifs is 1. The van der Waals surface area contributed by atoms with Gasteiger partial charge < -0.3 is 19.8 Å². The normalized spacial score (nSPS) is 14.1. The van der Waals surface area contributed by atoms with Crippen molar-refractivity contribution < 1.29 is 18.7 Å². The molecule has 4 rings (SSSR count). The molecule has 0 bridgehead atoms. The van der Waals surface area contributed by atoms with Crippen LogP contribution in [0.4, 0.5) is 5.69 Å². The Balaban J connectivity index is 1.48. The monoisotopic (exact) mass is 408 g/mol. The van der Waals surface area contributed by atoms with Gasteiger partial charge in [-0.05, 0) is 61.0 Å². The summed E-state index contributed by atoms with van der Waals surface area (Å²) < 4.78 is 11.2. The minimum absolute atomic E-state index is 0.158. The molecule has 146 valence electrons. The first kappa shape index (κ1) is 18.8. The van der Waals surface area contributed by atoms with Crippen LogP contribution >= 0.6 is 11.6 Å². The number of aryl methyl sites for hydroxylation is 1. The lowest BCUT2D eigenvalue weighted by Gasteiger charge is -2.20. The predicted molar refractivity (Wildman–Crippen MR) is 110 cm³/mol. The zero-order valence-electron chi connectivity index (χ0n) is 15.5. The van der Waals surface area contributed by atoms with E-state index in [1.54, 1.807) is 48.5 Å². The smallest absolute Gasteiger partial charge is 0.291 e. The number of carbonyl (C=O) groups is 2. The van der Waals surface area contributed by atoms with Gasteiger partial charge in [-0.15, -0.1) is 0 Å². The number of benzene rings is 2. The van der Waals surface area contributed by atoms with E-state index in [1.165, 1.54) is 0 Å². The molecular formula is C22H17ClN2O4. The van der Waals surface area contributed by atoms with E-state index in [-0.39, 0.29) is 18.2 Å². The highest BCUT2D eigenvalue weighted by atomic mass is 35.5. The van der Waals surface area contributed by atoms with Gasteiger partial charge in [0.1, 0.15) is 11.5 Å². The Hall–Kier alpha value is -3.51. The summed E-state index contributed by atoms with van der Waals surface area (Å²) in [4.78, 5) is 24.8. The molecule has 0 unspecified atom stereocenters. The van der Waals surface area contributed by atoms with Crippen molar-refractivity contribution in [3.8, 4) is 5.75 Å². The molecule has 2 heterocycles. The molecule has 0 fully saturated rings. The van der Waals surface area contributed by atoms with Crippen molar-refractivity contribution in [2.24, 2.45) is 0 Å². The Morgan fingerprint density at radius 1 is 1.14 bits per heavy atom. The molecule has 2 N–H and O–H groups in total. The second-order valence-electron chi connectivity index (χ2n) is 6.52. The molecule has 1 aliphatic heterocycles. The van der Waals surface area contributed by atoms with E-state index < -0.39 is 5.91 Å². The number of halogens is 1. The summed E-state index contributed by atoms with van der Waals surface area (Å²) in [5, 5.41) is 6.15. The Morgan fingerprint density at radius 2 is 1.93 bits per heavy atom. The summed E-state index contributed by atoms with van der Waals surface area (Å²) in [6, 6.07) is 15.6. The molecule has 0 atom stereocenters. The highest BCUT2D eigenvalue weighted by molar-refractivity contribution is 6.30. The number of anilines is 1. The van der Waals surface area contributed by atoms with Crippen molar-refractivity contribution >= 4 is 35.2 Å². The van der Waals surface area contributed by atoms with Crippen LogP contribution in [0.2, 0.25) is 5.02 Å². The molecule has 6 nitrogen and oxygen atoms in total. The van der Waals surface area contributed by atoms with Crippen LogP contribution in [-0.4, -0.2) is 11.8 Å². The minimum Gasteiger partial charge on any atom is -0.465 e. The van der Waals surface area contributed by atoms with Gasteiger partial charge in [0.2, 0.25) is 0 Å². The van der Waals surface area contributed by atoms with Crippen LogP contribution in [0.15, 0.2) is 64.8 Å². The van der Waals surface area contributed by atoms with Crippen molar-refractivity contribution in [2.75, 3.05) is 5.32 Å². The molecule has 0 saturated heterocycles. The number of rotatable bonds is 4. The fourth-order valence-electron chi connectivity index (χ4n) is 2.86. The number of ether oxygens (including phenoxy) is 1. The molecule has 0 radical (unpaired) electrons. The maximum atomic E-state index is 12.4. The third-order valence-corrected chi connectivity index (χ3v) is 4.57. The molecule has 7 heteroatoms. The fourth-order valence-corrected chi connectivity index (χ4v) is 2.99. The molecule has 1 aliphatic rings. The third-order valence-electron chi connectivity index (χ3n) is 4.32. The standard InChI is InChI=1S/C22H17ClN2O4/c1-13-2-8-17(28-13)12-24-21(26)15-5-9-19-18(11-15)25-22(27)20(29-19)10-14-3-6-16(23)7-4-14/h2-11H,12H2,1H3,(H,24,26)(H,25,27)/b20-10-. The predicted octanol–water partition coefficient (Wildman–Crippen LogP) is 4.54. The number of nitrogens with one attached hydrogen (secondary N) is 2. The first-order valence-electron chi connectivity index (χ1n) is 8.92. The molecule has 1 aromatic heterocycles. The van der Waals surface area contributed by atoms with Crippen molar-refractivity contribution in [1.82, 2.24) is 5.32 Å². The van der Waals surface area contributed by atoms with Crippen molar-refractivity contribution in [3.05, 3.63) is 88.0 Å². The molecule has 0 saturated carbocycles. The number of furan rings is 1. The van der Waals surface area contributed by atoms with E-state index in [0.717, 1.165) is 11.3 Å². The number of hydrogen-bond donors (Lipinski definition) is 2. The highest BCUT2D eigenvalue weighted by Crippen LogP contribution is 2.32. The molecule has 0 aliphatic carbocycles. The molecule has 2 amide bonds. The number of carbonyl (C=O) groups excluding carboxylic acids is 2. The van der Waals surface area contributed by atoms with E-state index >= 15 is 0 Å². The summed E-state index contributed by atoms with van der Waals surface area (Å²) in [5.74, 6) is 1.40. The van der Waals surface area contributed by atoms with Crippen LogP contribution in [-0.2, 0) is 11.3 Å². The van der Waals surface area contributed by atoms with Crippen LogP contribution in [0.5, 0.6) is 5.75 Å². The molecule has 0 spiro atoms. The van der Waals surface area contributed by atoms with Crippen LogP contribution in [0.3, 0.4) is 0 Å². The van der Waals surface area contributed by atoms with E-state index in [0.29, 0.717) is 27.8 Å². The largest absolute Gasteiger partial charge is 0.465 e. The third kappa shape index (κ3) is 4.33. The van der Waals surface area contributed by atoms with Crippen LogP contribution < -0.4 is 15.4 Å². The van der Waals surface area contributed by atoms with Gasteiger partial charge in [0.05, 0.1) is 12.2 Å². The molecule has 29 heavy (non-hydrogen) atoms. The van der Waals surface area contributed by atoms with Gasteiger partial charge in [-0.3, -0.25) is 9.59 Å². The summed E-state index contributed by atoms with van der Waals surface area (Å²) in [6.07, 6.45) is 1.63. The lowest BCUT2D eigenvalue weighted by atomic mass is 10.1. The second-order valence-corrected chi connectivity index (χ2v) is 6.96. The summed E-state index contributed by atoms with van der Waals surface area (Å²) >= 11 is 5.88. The van der Waals surface area contributed by atoms with Crippen molar-refractivity contribution in [1.29, 1.82) is 0 Å². The van der Waals surface area contributed by atoms with Crippen LogP contribution in [0.1, 0.15) is 27.4 Å². The van der Waals surface area contributed by atoms with E-state index in [2.05, 4.69) is 10.6 Å². The summed E-state index contributed by atoms with van der Waals surface area (Å²) in [6.45, 7) is 2.12. The molecular weight excluding hydrogens is 392 g/mol. The maximum Gasteiger partial charge on any atom is 0.291 e. The van der Waals surface area contributed by atoms with Gasteiger partial charge in [-0.2, -0.15) is 0 Å². The lowest BCUT2D eigenvalue weighted by Crippen LogP contribution is -2.25. The zero-order valence-corrected chi connectivity index (χ0v) is 16.2. The summed E-state index contributed by atoms with van der Waals surface area (Å²) in [5.41, 5.74) is 1.62. The van der Waals surface area contributed by atoms with Gasteiger partial charge in [-0.25, -0.2) is 0 Å². The van der Waals surface area contributed by atoms with Crippen molar-refractivity contribution in [2.45, 2.75) is 13.5 Å². The maximum absolute atomic E-state index is 12.4. The Bertz CT molecular complexity index is 1120. The van der Waals surface area contributed by atoms with Gasteiger partial charge in [0, 0.05) is 10.6 Å². The van der Waals surface area contributed by atoms with Gasteiger partial charge in [0.15, 0.2) is 11.5 Å². The quantitative estimate of drug-likeness (QED) is 0.621. The average molecular weight is 409 g/mol. The molecule has 3 aromatic rings. The Morgan fingerprint density at radius 3 is 2.66 bits per heavy atom. The fraction of sp³-hybridized carbons (Fsp3) is 0.0909. The van der Waals surface area contributed by atoms with E-state index in [4.69, 9.17) is 20.8 Å². The zero-order chi connectivity index (χ0) is 20.4. The van der Waals surface area contributed by atoms with Gasteiger partial charge in [0.25, 0.3) is 11.8 Å². The van der Waals surface area contributed by atoms with Gasteiger partial charge >= 0.3 is 0 Å². The van der Waals surface area contributed by atoms with E-state index in [9.17, 15) is 9.59 Å². The molecule has 2 aromatic carbocycles. The second kappa shape index (κ2) is 7.85. The van der Waals surface area contributed by atoms with Crippen LogP contribution in [0, 0.1) is 6.92 Å². The first-order chi connectivity index (χ1) is 14.0.